The number of carboxylic acids is 1. The highest BCUT2D eigenvalue weighted by Gasteiger charge is 2.24. The average molecular weight is 335 g/mol. The molecule has 0 unspecified atom stereocenters. The molecule has 0 radical (unpaired) electrons. The molecule has 1 aromatic carbocycles. The zero-order valence-corrected chi connectivity index (χ0v) is 13.8. The van der Waals surface area contributed by atoms with Crippen molar-refractivity contribution >= 4 is 23.1 Å². The van der Waals surface area contributed by atoms with Gasteiger partial charge in [0.2, 0.25) is 0 Å². The molecule has 6 heteroatoms. The Balaban J connectivity index is 2.04. The van der Waals surface area contributed by atoms with Gasteiger partial charge in [0.15, 0.2) is 0 Å². The van der Waals surface area contributed by atoms with Crippen LogP contribution in [0, 0.1) is 17.7 Å². The van der Waals surface area contributed by atoms with Crippen LogP contribution in [0.25, 0.3) is 10.6 Å². The van der Waals surface area contributed by atoms with Gasteiger partial charge in [0.1, 0.15) is 16.6 Å². The maximum atomic E-state index is 13.2. The van der Waals surface area contributed by atoms with Gasteiger partial charge in [-0.05, 0) is 18.1 Å². The molecule has 1 aromatic heterocycles. The van der Waals surface area contributed by atoms with Crippen LogP contribution in [0.2, 0.25) is 0 Å². The van der Waals surface area contributed by atoms with E-state index in [9.17, 15) is 14.0 Å². The number of aliphatic carboxylic acids is 1. The van der Waals surface area contributed by atoms with E-state index in [1.165, 1.54) is 23.5 Å². The third-order valence-electron chi connectivity index (χ3n) is 3.57. The Hall–Kier alpha value is -2.08. The molecule has 0 aliphatic carbocycles. The molecule has 0 bridgehead atoms. The third kappa shape index (κ3) is 4.69. The summed E-state index contributed by atoms with van der Waals surface area (Å²) < 4.78 is 13.2. The van der Waals surface area contributed by atoms with Crippen LogP contribution in [0.4, 0.5) is 4.39 Å². The predicted molar refractivity (Wildman–Crippen MR) is 86.8 cm³/mol. The van der Waals surface area contributed by atoms with Crippen LogP contribution in [0.1, 0.15) is 26.0 Å². The second-order valence-corrected chi connectivity index (χ2v) is 6.62. The van der Waals surface area contributed by atoms with E-state index in [4.69, 9.17) is 5.11 Å². The minimum Gasteiger partial charge on any atom is -0.481 e. The lowest BCUT2D eigenvalue weighted by Crippen LogP contribution is -2.23. The van der Waals surface area contributed by atoms with Crippen molar-refractivity contribution in [3.8, 4) is 10.6 Å². The highest BCUT2D eigenvalue weighted by atomic mass is 32.1. The molecule has 2 rings (SSSR count). The summed E-state index contributed by atoms with van der Waals surface area (Å²) in [6, 6.07) is 6.12. The number of carboxylic acid groups (broad SMARTS) is 1. The normalized spacial score (nSPS) is 12.3. The van der Waals surface area contributed by atoms with E-state index in [1.54, 1.807) is 31.4 Å². The summed E-state index contributed by atoms with van der Waals surface area (Å²) in [5, 5.41) is 11.5. The molecule has 1 N–H and O–H groups in total. The topological polar surface area (TPSA) is 67.3 Å². The molecule has 0 amide bonds. The van der Waals surface area contributed by atoms with Crippen LogP contribution in [0.3, 0.4) is 0 Å². The number of nitrogens with zero attached hydrogens (tertiary/aromatic N) is 1. The van der Waals surface area contributed by atoms with Crippen LogP contribution in [-0.4, -0.2) is 21.8 Å². The number of thiazole rings is 1. The maximum absolute atomic E-state index is 13.2. The summed E-state index contributed by atoms with van der Waals surface area (Å²) in [4.78, 5) is 27.6. The number of hydrogen-bond donors (Lipinski definition) is 1. The second-order valence-electron chi connectivity index (χ2n) is 5.76. The van der Waals surface area contributed by atoms with Gasteiger partial charge >= 0.3 is 5.97 Å². The van der Waals surface area contributed by atoms with Crippen molar-refractivity contribution in [1.29, 1.82) is 0 Å². The van der Waals surface area contributed by atoms with Crippen LogP contribution in [0.15, 0.2) is 29.6 Å². The zero-order valence-electron chi connectivity index (χ0n) is 13.0. The van der Waals surface area contributed by atoms with Gasteiger partial charge in [-0.15, -0.1) is 11.3 Å². The van der Waals surface area contributed by atoms with E-state index in [0.29, 0.717) is 16.3 Å². The Labute approximate surface area is 138 Å². The van der Waals surface area contributed by atoms with Gasteiger partial charge < -0.3 is 5.11 Å². The van der Waals surface area contributed by atoms with Crippen molar-refractivity contribution in [3.63, 3.8) is 0 Å². The first-order valence-electron chi connectivity index (χ1n) is 7.31. The lowest BCUT2D eigenvalue weighted by molar-refractivity contribution is -0.145. The zero-order chi connectivity index (χ0) is 17.0. The number of rotatable bonds is 7. The van der Waals surface area contributed by atoms with Gasteiger partial charge in [-0.25, -0.2) is 9.37 Å². The van der Waals surface area contributed by atoms with E-state index in [1.807, 2.05) is 0 Å². The predicted octanol–water partition coefficient (Wildman–Crippen LogP) is 3.81. The van der Waals surface area contributed by atoms with Crippen LogP contribution < -0.4 is 0 Å². The van der Waals surface area contributed by atoms with Gasteiger partial charge in [0.05, 0.1) is 11.6 Å². The minimum absolute atomic E-state index is 0.000173. The van der Waals surface area contributed by atoms with Crippen LogP contribution in [-0.2, 0) is 16.0 Å². The number of hydrogen-bond acceptors (Lipinski definition) is 4. The molecule has 2 aromatic rings. The molecule has 4 nitrogen and oxygen atoms in total. The maximum Gasteiger partial charge on any atom is 0.307 e. The standard InChI is InChI=1S/C17H18FNO3S/c1-10(2)15(17(21)22)8-14(20)7-13-9-23-16(19-13)11-4-3-5-12(18)6-11/h3-6,9-10,15H,7-8H2,1-2H3,(H,21,22)/t15-/m1/s1. The first kappa shape index (κ1) is 17.3. The molecule has 122 valence electrons. The van der Waals surface area contributed by atoms with Crippen LogP contribution >= 0.6 is 11.3 Å². The van der Waals surface area contributed by atoms with Crippen molar-refractivity contribution in [3.05, 3.63) is 41.2 Å². The third-order valence-corrected chi connectivity index (χ3v) is 4.51. The molecule has 0 spiro atoms. The molecule has 0 fully saturated rings. The van der Waals surface area contributed by atoms with Crippen molar-refractivity contribution in [2.75, 3.05) is 0 Å². The molecule has 0 aliphatic rings. The number of ketones is 1. The van der Waals surface area contributed by atoms with Crippen molar-refractivity contribution < 1.29 is 19.1 Å². The van der Waals surface area contributed by atoms with Gasteiger partial charge in [-0.3, -0.25) is 9.59 Å². The molecule has 1 heterocycles. The van der Waals surface area contributed by atoms with Crippen molar-refractivity contribution in [2.45, 2.75) is 26.7 Å². The largest absolute Gasteiger partial charge is 0.481 e. The van der Waals surface area contributed by atoms with Crippen LogP contribution in [0.5, 0.6) is 0 Å². The number of aromatic nitrogens is 1. The van der Waals surface area contributed by atoms with E-state index >= 15 is 0 Å². The smallest absolute Gasteiger partial charge is 0.307 e. The Kier molecular flexibility index (Phi) is 5.60. The fourth-order valence-corrected chi connectivity index (χ4v) is 3.09. The highest BCUT2D eigenvalue weighted by Crippen LogP contribution is 2.25. The summed E-state index contributed by atoms with van der Waals surface area (Å²) in [5.74, 6) is -2.22. The van der Waals surface area contributed by atoms with Gasteiger partial charge in [0.25, 0.3) is 0 Å². The number of benzene rings is 1. The lowest BCUT2D eigenvalue weighted by atomic mass is 9.90. The number of carbonyl (C=O) groups excluding carboxylic acids is 1. The fourth-order valence-electron chi connectivity index (χ4n) is 2.27. The van der Waals surface area contributed by atoms with E-state index < -0.39 is 11.9 Å². The highest BCUT2D eigenvalue weighted by molar-refractivity contribution is 7.13. The average Bonchev–Trinajstić information content (AvgIpc) is 2.92. The summed E-state index contributed by atoms with van der Waals surface area (Å²) >= 11 is 1.34. The Morgan fingerprint density at radius 3 is 2.70 bits per heavy atom. The molecule has 0 saturated heterocycles. The Morgan fingerprint density at radius 2 is 2.09 bits per heavy atom. The summed E-state index contributed by atoms with van der Waals surface area (Å²) in [6.45, 7) is 3.58. The quantitative estimate of drug-likeness (QED) is 0.835. The molecule has 0 saturated carbocycles. The fraction of sp³-hybridized carbons (Fsp3) is 0.353. The minimum atomic E-state index is -0.952. The van der Waals surface area contributed by atoms with Gasteiger partial charge in [0, 0.05) is 23.8 Å². The van der Waals surface area contributed by atoms with E-state index in [2.05, 4.69) is 4.98 Å². The molecule has 23 heavy (non-hydrogen) atoms. The Bertz CT molecular complexity index is 711. The Morgan fingerprint density at radius 1 is 1.35 bits per heavy atom. The van der Waals surface area contributed by atoms with Crippen molar-refractivity contribution in [2.24, 2.45) is 11.8 Å². The van der Waals surface area contributed by atoms with Gasteiger partial charge in [-0.2, -0.15) is 0 Å². The molecule has 1 atom stereocenters. The molecule has 0 aliphatic heterocycles. The molecular weight excluding hydrogens is 317 g/mol. The summed E-state index contributed by atoms with van der Waals surface area (Å²) in [7, 11) is 0. The lowest BCUT2D eigenvalue weighted by Gasteiger charge is -2.14. The second kappa shape index (κ2) is 7.46. The van der Waals surface area contributed by atoms with E-state index in [0.717, 1.165) is 0 Å². The first-order chi connectivity index (χ1) is 10.9. The molecular formula is C17H18FNO3S. The summed E-state index contributed by atoms with van der Waals surface area (Å²) in [6.07, 6.45) is 0.0993. The first-order valence-corrected chi connectivity index (χ1v) is 8.19. The number of Topliss-reactive ketones (excluding diaryl/α,β-unsaturated/α-hetero) is 1. The monoisotopic (exact) mass is 335 g/mol. The summed E-state index contributed by atoms with van der Waals surface area (Å²) in [5.41, 5.74) is 1.26. The number of halogens is 1. The van der Waals surface area contributed by atoms with E-state index in [-0.39, 0.29) is 30.4 Å². The number of carbonyl (C=O) groups is 2. The van der Waals surface area contributed by atoms with Gasteiger partial charge in [-0.1, -0.05) is 26.0 Å². The SMILES string of the molecule is CC(C)[C@@H](CC(=O)Cc1csc(-c2cccc(F)c2)n1)C(=O)O. The van der Waals surface area contributed by atoms with Crippen molar-refractivity contribution in [1.82, 2.24) is 4.98 Å².